The number of Topliss-reactive ketones (excluding diaryl/α,β-unsaturated/α-hetero) is 1. The molecular weight excluding hydrogens is 222 g/mol. The minimum atomic E-state index is -0.616. The van der Waals surface area contributed by atoms with Crippen molar-refractivity contribution in [3.8, 4) is 6.07 Å². The molecule has 0 radical (unpaired) electrons. The Labute approximate surface area is 110 Å². The van der Waals surface area contributed by atoms with Gasteiger partial charge in [0.15, 0.2) is 5.78 Å². The van der Waals surface area contributed by atoms with Crippen molar-refractivity contribution in [3.63, 3.8) is 0 Å². The number of rotatable bonds is 5. The van der Waals surface area contributed by atoms with Crippen molar-refractivity contribution in [3.05, 3.63) is 34.9 Å². The predicted molar refractivity (Wildman–Crippen MR) is 73.3 cm³/mol. The average Bonchev–Trinajstić information content (AvgIpc) is 2.36. The van der Waals surface area contributed by atoms with Gasteiger partial charge in [0, 0.05) is 5.92 Å². The zero-order valence-electron chi connectivity index (χ0n) is 11.7. The third kappa shape index (κ3) is 2.98. The van der Waals surface area contributed by atoms with Gasteiger partial charge in [-0.25, -0.2) is 0 Å². The van der Waals surface area contributed by atoms with Crippen molar-refractivity contribution >= 4 is 5.78 Å². The molecule has 0 aromatic heterocycles. The van der Waals surface area contributed by atoms with E-state index < -0.39 is 5.92 Å². The number of ketones is 1. The summed E-state index contributed by atoms with van der Waals surface area (Å²) in [6.45, 7) is 8.04. The van der Waals surface area contributed by atoms with Crippen LogP contribution in [0.2, 0.25) is 0 Å². The van der Waals surface area contributed by atoms with Crippen LogP contribution in [0.3, 0.4) is 0 Å². The minimum Gasteiger partial charge on any atom is -0.298 e. The average molecular weight is 243 g/mol. The van der Waals surface area contributed by atoms with Crippen molar-refractivity contribution in [2.24, 2.45) is 5.92 Å². The highest BCUT2D eigenvalue weighted by Crippen LogP contribution is 2.25. The van der Waals surface area contributed by atoms with E-state index in [0.717, 1.165) is 24.0 Å². The standard InChI is InChI=1S/C16H21NO/c1-5-13(6-2)16(18)15(10-17)14-8-7-11(3)12(4)9-14/h7-9,13,15H,5-6H2,1-4H3. The molecule has 0 amide bonds. The summed E-state index contributed by atoms with van der Waals surface area (Å²) in [7, 11) is 0. The molecule has 0 bridgehead atoms. The van der Waals surface area contributed by atoms with Gasteiger partial charge in [-0.3, -0.25) is 4.79 Å². The molecule has 0 aliphatic rings. The van der Waals surface area contributed by atoms with E-state index in [1.165, 1.54) is 5.56 Å². The quantitative estimate of drug-likeness (QED) is 0.786. The first-order chi connectivity index (χ1) is 8.54. The van der Waals surface area contributed by atoms with Gasteiger partial charge in [-0.1, -0.05) is 32.0 Å². The number of carbonyl (C=O) groups excluding carboxylic acids is 1. The predicted octanol–water partition coefficient (Wildman–Crippen LogP) is 3.92. The molecule has 0 N–H and O–H groups in total. The molecule has 0 fully saturated rings. The van der Waals surface area contributed by atoms with Crippen molar-refractivity contribution in [2.75, 3.05) is 0 Å². The molecule has 1 unspecified atom stereocenters. The zero-order valence-corrected chi connectivity index (χ0v) is 11.7. The largest absolute Gasteiger partial charge is 0.298 e. The Balaban J connectivity index is 3.07. The molecule has 1 aromatic carbocycles. The van der Waals surface area contributed by atoms with E-state index in [0.29, 0.717) is 0 Å². The number of carbonyl (C=O) groups is 1. The fourth-order valence-corrected chi connectivity index (χ4v) is 2.17. The third-order valence-electron chi connectivity index (χ3n) is 3.67. The van der Waals surface area contributed by atoms with E-state index >= 15 is 0 Å². The van der Waals surface area contributed by atoms with Crippen LogP contribution in [0.25, 0.3) is 0 Å². The van der Waals surface area contributed by atoms with Gasteiger partial charge in [-0.15, -0.1) is 0 Å². The Morgan fingerprint density at radius 2 is 1.83 bits per heavy atom. The highest BCUT2D eigenvalue weighted by Gasteiger charge is 2.26. The number of aryl methyl sites for hydroxylation is 2. The van der Waals surface area contributed by atoms with E-state index in [9.17, 15) is 10.1 Å². The van der Waals surface area contributed by atoms with Crippen LogP contribution < -0.4 is 0 Å². The van der Waals surface area contributed by atoms with Gasteiger partial charge < -0.3 is 0 Å². The Hall–Kier alpha value is -1.62. The summed E-state index contributed by atoms with van der Waals surface area (Å²) in [6.07, 6.45) is 1.61. The first-order valence-electron chi connectivity index (χ1n) is 6.55. The number of nitriles is 1. The van der Waals surface area contributed by atoms with E-state index in [-0.39, 0.29) is 11.7 Å². The smallest absolute Gasteiger partial charge is 0.157 e. The van der Waals surface area contributed by atoms with Gasteiger partial charge >= 0.3 is 0 Å². The second kappa shape index (κ2) is 6.35. The number of hydrogen-bond acceptors (Lipinski definition) is 2. The van der Waals surface area contributed by atoms with Crippen molar-refractivity contribution in [1.82, 2.24) is 0 Å². The van der Waals surface area contributed by atoms with Crippen LogP contribution in [-0.4, -0.2) is 5.78 Å². The van der Waals surface area contributed by atoms with Gasteiger partial charge in [0.05, 0.1) is 6.07 Å². The number of benzene rings is 1. The molecule has 18 heavy (non-hydrogen) atoms. The molecule has 0 spiro atoms. The molecule has 0 aliphatic heterocycles. The summed E-state index contributed by atoms with van der Waals surface area (Å²) in [6, 6.07) is 8.01. The summed E-state index contributed by atoms with van der Waals surface area (Å²) in [4.78, 5) is 12.3. The first-order valence-corrected chi connectivity index (χ1v) is 6.55. The van der Waals surface area contributed by atoms with Gasteiger partial charge in [0.1, 0.15) is 5.92 Å². The van der Waals surface area contributed by atoms with Crippen LogP contribution in [0.5, 0.6) is 0 Å². The molecule has 2 heteroatoms. The summed E-state index contributed by atoms with van der Waals surface area (Å²) in [5.74, 6) is -0.559. The molecule has 0 saturated carbocycles. The van der Waals surface area contributed by atoms with E-state index in [4.69, 9.17) is 0 Å². The van der Waals surface area contributed by atoms with Crippen molar-refractivity contribution in [1.29, 1.82) is 5.26 Å². The maximum absolute atomic E-state index is 12.3. The summed E-state index contributed by atoms with van der Waals surface area (Å²) in [5.41, 5.74) is 3.15. The summed E-state index contributed by atoms with van der Waals surface area (Å²) < 4.78 is 0. The van der Waals surface area contributed by atoms with Gasteiger partial charge in [-0.2, -0.15) is 5.26 Å². The minimum absolute atomic E-state index is 0.00346. The highest BCUT2D eigenvalue weighted by atomic mass is 16.1. The van der Waals surface area contributed by atoms with E-state index in [1.54, 1.807) is 0 Å². The second-order valence-corrected chi connectivity index (χ2v) is 4.82. The van der Waals surface area contributed by atoms with Crippen molar-refractivity contribution < 1.29 is 4.79 Å². The molecule has 0 aliphatic carbocycles. The second-order valence-electron chi connectivity index (χ2n) is 4.82. The maximum Gasteiger partial charge on any atom is 0.157 e. The topological polar surface area (TPSA) is 40.9 Å². The molecule has 1 rings (SSSR count). The van der Waals surface area contributed by atoms with Crippen LogP contribution >= 0.6 is 0 Å². The Kier molecular flexibility index (Phi) is 5.09. The van der Waals surface area contributed by atoms with Gasteiger partial charge in [0.2, 0.25) is 0 Å². The fourth-order valence-electron chi connectivity index (χ4n) is 2.17. The first kappa shape index (κ1) is 14.4. The molecule has 1 aromatic rings. The molecule has 0 saturated heterocycles. The van der Waals surface area contributed by atoms with Crippen LogP contribution in [0.15, 0.2) is 18.2 Å². The lowest BCUT2D eigenvalue weighted by molar-refractivity contribution is -0.123. The fraction of sp³-hybridized carbons (Fsp3) is 0.500. The van der Waals surface area contributed by atoms with Gasteiger partial charge in [0.25, 0.3) is 0 Å². The number of nitrogens with zero attached hydrogens (tertiary/aromatic N) is 1. The molecule has 96 valence electrons. The SMILES string of the molecule is CCC(CC)C(=O)C(C#N)c1ccc(C)c(C)c1. The molecular formula is C16H21NO. The Morgan fingerprint density at radius 1 is 1.22 bits per heavy atom. The van der Waals surface area contributed by atoms with Crippen molar-refractivity contribution in [2.45, 2.75) is 46.5 Å². The summed E-state index contributed by atoms with van der Waals surface area (Å²) >= 11 is 0. The molecule has 1 atom stereocenters. The van der Waals surface area contributed by atoms with Gasteiger partial charge in [-0.05, 0) is 43.4 Å². The summed E-state index contributed by atoms with van der Waals surface area (Å²) in [5, 5.41) is 9.28. The lowest BCUT2D eigenvalue weighted by Crippen LogP contribution is -2.20. The lowest BCUT2D eigenvalue weighted by Gasteiger charge is -2.16. The monoisotopic (exact) mass is 243 g/mol. The van der Waals surface area contributed by atoms with Crippen LogP contribution in [0.1, 0.15) is 49.3 Å². The highest BCUT2D eigenvalue weighted by molar-refractivity contribution is 5.90. The Bertz CT molecular complexity index is 466. The maximum atomic E-state index is 12.3. The van der Waals surface area contributed by atoms with Crippen LogP contribution in [0, 0.1) is 31.1 Å². The lowest BCUT2D eigenvalue weighted by atomic mass is 9.85. The molecule has 2 nitrogen and oxygen atoms in total. The van der Waals surface area contributed by atoms with E-state index in [2.05, 4.69) is 6.07 Å². The molecule has 0 heterocycles. The van der Waals surface area contributed by atoms with Crippen LogP contribution in [0.4, 0.5) is 0 Å². The normalized spacial score (nSPS) is 12.2. The zero-order chi connectivity index (χ0) is 13.7. The Morgan fingerprint density at radius 3 is 2.28 bits per heavy atom. The number of hydrogen-bond donors (Lipinski definition) is 0. The van der Waals surface area contributed by atoms with E-state index in [1.807, 2.05) is 45.9 Å². The van der Waals surface area contributed by atoms with Crippen LogP contribution in [-0.2, 0) is 4.79 Å². The third-order valence-corrected chi connectivity index (χ3v) is 3.67.